The average Bonchev–Trinajstić information content (AvgIpc) is 3.22. The third kappa shape index (κ3) is 3.96. The minimum atomic E-state index is 0.136. The van der Waals surface area contributed by atoms with E-state index in [-0.39, 0.29) is 5.91 Å². The Morgan fingerprint density at radius 3 is 2.84 bits per heavy atom. The molecule has 3 heterocycles. The molecule has 1 aliphatic rings. The fourth-order valence-corrected chi connectivity index (χ4v) is 4.81. The summed E-state index contributed by atoms with van der Waals surface area (Å²) >= 11 is 1.58. The van der Waals surface area contributed by atoms with E-state index in [1.165, 1.54) is 16.9 Å². The zero-order valence-electron chi connectivity index (χ0n) is 15.6. The highest BCUT2D eigenvalue weighted by atomic mass is 32.1. The van der Waals surface area contributed by atoms with E-state index in [0.29, 0.717) is 12.0 Å². The summed E-state index contributed by atoms with van der Waals surface area (Å²) in [7, 11) is 3.90. The lowest BCUT2D eigenvalue weighted by Gasteiger charge is -2.42. The molecule has 0 unspecified atom stereocenters. The third-order valence-corrected chi connectivity index (χ3v) is 6.13. The van der Waals surface area contributed by atoms with E-state index in [1.54, 1.807) is 11.3 Å². The van der Waals surface area contributed by atoms with Gasteiger partial charge in [0.25, 0.3) is 5.91 Å². The number of carbonyl (C=O) groups is 1. The van der Waals surface area contributed by atoms with Gasteiger partial charge in [-0.2, -0.15) is 5.10 Å². The van der Waals surface area contributed by atoms with Gasteiger partial charge >= 0.3 is 0 Å². The first-order valence-electron chi connectivity index (χ1n) is 9.04. The van der Waals surface area contributed by atoms with E-state index < -0.39 is 0 Å². The molecule has 2 atom stereocenters. The van der Waals surface area contributed by atoms with Crippen LogP contribution >= 0.6 is 11.3 Å². The second kappa shape index (κ2) is 7.70. The van der Waals surface area contributed by atoms with Crippen molar-refractivity contribution in [3.05, 3.63) is 39.8 Å². The van der Waals surface area contributed by atoms with E-state index in [2.05, 4.69) is 23.1 Å². The SMILES string of the molecule is CCN1CCC[C@@H](CN(C)C(=O)c2ccc(C)s2)[C@@H]1c1cnn(C)c1. The molecule has 1 aliphatic heterocycles. The number of hydrogen-bond donors (Lipinski definition) is 0. The maximum atomic E-state index is 12.7. The van der Waals surface area contributed by atoms with Gasteiger partial charge < -0.3 is 4.90 Å². The predicted octanol–water partition coefficient (Wildman–Crippen LogP) is 3.34. The van der Waals surface area contributed by atoms with Crippen molar-refractivity contribution in [2.24, 2.45) is 13.0 Å². The number of aromatic nitrogens is 2. The zero-order chi connectivity index (χ0) is 18.0. The van der Waals surface area contributed by atoms with Crippen molar-refractivity contribution in [1.82, 2.24) is 19.6 Å². The molecule has 6 heteroatoms. The van der Waals surface area contributed by atoms with Gasteiger partial charge in [0.05, 0.1) is 11.1 Å². The van der Waals surface area contributed by atoms with Crippen LogP contribution in [0.25, 0.3) is 0 Å². The Morgan fingerprint density at radius 2 is 2.24 bits per heavy atom. The molecule has 0 bridgehead atoms. The summed E-state index contributed by atoms with van der Waals surface area (Å²) in [5.74, 6) is 0.574. The number of aryl methyl sites for hydroxylation is 2. The topological polar surface area (TPSA) is 41.4 Å². The van der Waals surface area contributed by atoms with Gasteiger partial charge in [-0.15, -0.1) is 11.3 Å². The normalized spacial score (nSPS) is 21.4. The minimum absolute atomic E-state index is 0.136. The molecular weight excluding hydrogens is 332 g/mol. The van der Waals surface area contributed by atoms with Crippen molar-refractivity contribution in [3.8, 4) is 0 Å². The molecule has 25 heavy (non-hydrogen) atoms. The Morgan fingerprint density at radius 1 is 1.44 bits per heavy atom. The highest BCUT2D eigenvalue weighted by Crippen LogP contribution is 2.36. The standard InChI is InChI=1S/C19H28N4OS/c1-5-23-10-6-7-15(18(23)16-11-20-22(4)13-16)12-21(3)19(24)17-9-8-14(2)25-17/h8-9,11,13,15,18H,5-7,10,12H2,1-4H3/t15-,18+/m0/s1. The zero-order valence-corrected chi connectivity index (χ0v) is 16.4. The number of thiophene rings is 1. The van der Waals surface area contributed by atoms with Crippen LogP contribution in [0.2, 0.25) is 0 Å². The van der Waals surface area contributed by atoms with Crippen molar-refractivity contribution < 1.29 is 4.79 Å². The highest BCUT2D eigenvalue weighted by molar-refractivity contribution is 7.13. The van der Waals surface area contributed by atoms with Crippen molar-refractivity contribution >= 4 is 17.2 Å². The monoisotopic (exact) mass is 360 g/mol. The molecular formula is C19H28N4OS. The van der Waals surface area contributed by atoms with Crippen molar-refractivity contribution in [1.29, 1.82) is 0 Å². The average molecular weight is 361 g/mol. The number of carbonyl (C=O) groups excluding carboxylic acids is 1. The van der Waals surface area contributed by atoms with Crippen molar-refractivity contribution in [2.75, 3.05) is 26.7 Å². The van der Waals surface area contributed by atoms with Crippen LogP contribution in [0.1, 0.15) is 45.9 Å². The number of piperidine rings is 1. The number of rotatable bonds is 5. The lowest BCUT2D eigenvalue weighted by Crippen LogP contribution is -2.43. The Labute approximate surface area is 154 Å². The fraction of sp³-hybridized carbons (Fsp3) is 0.579. The second-order valence-electron chi connectivity index (χ2n) is 7.02. The van der Waals surface area contributed by atoms with Gasteiger partial charge in [0, 0.05) is 43.3 Å². The summed E-state index contributed by atoms with van der Waals surface area (Å²) in [6, 6.07) is 4.30. The number of amides is 1. The van der Waals surface area contributed by atoms with Crippen LogP contribution in [0.5, 0.6) is 0 Å². The number of hydrogen-bond acceptors (Lipinski definition) is 4. The summed E-state index contributed by atoms with van der Waals surface area (Å²) in [6.07, 6.45) is 6.44. The Bertz CT molecular complexity index is 723. The van der Waals surface area contributed by atoms with Crippen LogP contribution in [-0.4, -0.2) is 52.2 Å². The van der Waals surface area contributed by atoms with E-state index >= 15 is 0 Å². The maximum Gasteiger partial charge on any atom is 0.263 e. The molecule has 0 aromatic carbocycles. The van der Waals surface area contributed by atoms with Gasteiger partial charge in [-0.3, -0.25) is 14.4 Å². The highest BCUT2D eigenvalue weighted by Gasteiger charge is 2.34. The van der Waals surface area contributed by atoms with Crippen LogP contribution in [-0.2, 0) is 7.05 Å². The number of likely N-dealkylation sites (tertiary alicyclic amines) is 1. The van der Waals surface area contributed by atoms with Crippen LogP contribution in [0.4, 0.5) is 0 Å². The van der Waals surface area contributed by atoms with Gasteiger partial charge in [0.15, 0.2) is 0 Å². The largest absolute Gasteiger partial charge is 0.341 e. The molecule has 0 spiro atoms. The summed E-state index contributed by atoms with van der Waals surface area (Å²) < 4.78 is 1.87. The molecule has 0 radical (unpaired) electrons. The smallest absolute Gasteiger partial charge is 0.263 e. The molecule has 0 aliphatic carbocycles. The molecule has 3 rings (SSSR count). The second-order valence-corrected chi connectivity index (χ2v) is 8.31. The summed E-state index contributed by atoms with van der Waals surface area (Å²) in [4.78, 5) is 19.2. The molecule has 5 nitrogen and oxygen atoms in total. The van der Waals surface area contributed by atoms with Crippen LogP contribution in [0, 0.1) is 12.8 Å². The first-order chi connectivity index (χ1) is 12.0. The third-order valence-electron chi connectivity index (χ3n) is 5.14. The van der Waals surface area contributed by atoms with Gasteiger partial charge in [-0.1, -0.05) is 6.92 Å². The molecule has 1 fully saturated rings. The van der Waals surface area contributed by atoms with Crippen LogP contribution in [0.3, 0.4) is 0 Å². The van der Waals surface area contributed by atoms with E-state index in [0.717, 1.165) is 30.9 Å². The van der Waals surface area contributed by atoms with E-state index in [1.807, 2.05) is 48.9 Å². The lowest BCUT2D eigenvalue weighted by atomic mass is 9.85. The molecule has 136 valence electrons. The van der Waals surface area contributed by atoms with E-state index in [4.69, 9.17) is 0 Å². The quantitative estimate of drug-likeness (QED) is 0.821. The molecule has 0 saturated carbocycles. The molecule has 0 N–H and O–H groups in total. The van der Waals surface area contributed by atoms with Crippen LogP contribution in [0.15, 0.2) is 24.5 Å². The Balaban J connectivity index is 1.77. The van der Waals surface area contributed by atoms with Crippen LogP contribution < -0.4 is 0 Å². The molecule has 1 amide bonds. The number of nitrogens with zero attached hydrogens (tertiary/aromatic N) is 4. The molecule has 2 aromatic heterocycles. The van der Waals surface area contributed by atoms with Gasteiger partial charge in [-0.25, -0.2) is 0 Å². The molecule has 1 saturated heterocycles. The summed E-state index contributed by atoms with van der Waals surface area (Å²) in [5.41, 5.74) is 1.27. The maximum absolute atomic E-state index is 12.7. The summed E-state index contributed by atoms with van der Waals surface area (Å²) in [5, 5.41) is 4.37. The van der Waals surface area contributed by atoms with Crippen molar-refractivity contribution in [2.45, 2.75) is 32.7 Å². The van der Waals surface area contributed by atoms with E-state index in [9.17, 15) is 4.79 Å². The fourth-order valence-electron chi connectivity index (χ4n) is 3.95. The Kier molecular flexibility index (Phi) is 5.59. The van der Waals surface area contributed by atoms with Gasteiger partial charge in [0.2, 0.25) is 0 Å². The minimum Gasteiger partial charge on any atom is -0.341 e. The van der Waals surface area contributed by atoms with Crippen molar-refractivity contribution in [3.63, 3.8) is 0 Å². The first-order valence-corrected chi connectivity index (χ1v) is 9.85. The van der Waals surface area contributed by atoms with Gasteiger partial charge in [-0.05, 0) is 50.9 Å². The molecule has 2 aromatic rings. The lowest BCUT2D eigenvalue weighted by molar-refractivity contribution is 0.0592. The first kappa shape index (κ1) is 18.1. The summed E-state index contributed by atoms with van der Waals surface area (Å²) in [6.45, 7) is 7.19. The Hall–Kier alpha value is -1.66. The predicted molar refractivity (Wildman–Crippen MR) is 102 cm³/mol. The van der Waals surface area contributed by atoms with Gasteiger partial charge in [0.1, 0.15) is 0 Å².